The van der Waals surface area contributed by atoms with Crippen LogP contribution < -0.4 is 5.73 Å². The van der Waals surface area contributed by atoms with Crippen molar-refractivity contribution in [2.75, 3.05) is 0 Å². The van der Waals surface area contributed by atoms with Gasteiger partial charge in [0.1, 0.15) is 0 Å². The second-order valence-corrected chi connectivity index (χ2v) is 5.86. The summed E-state index contributed by atoms with van der Waals surface area (Å²) in [4.78, 5) is 2.52. The molecule has 2 aliphatic heterocycles. The first-order valence-electron chi connectivity index (χ1n) is 7.18. The van der Waals surface area contributed by atoms with Crippen LogP contribution in [0.1, 0.15) is 36.8 Å². The summed E-state index contributed by atoms with van der Waals surface area (Å²) in [6.45, 7) is 0.915. The maximum atomic E-state index is 9.82. The largest absolute Gasteiger partial charge is 0.409 e. The normalized spacial score (nSPS) is 30.6. The van der Waals surface area contributed by atoms with Crippen LogP contribution in [0.5, 0.6) is 0 Å². The molecule has 1 aromatic carbocycles. The summed E-state index contributed by atoms with van der Waals surface area (Å²) in [6.07, 6.45) is 4.08. The van der Waals surface area contributed by atoms with Crippen molar-refractivity contribution < 1.29 is 10.3 Å². The number of rotatable bonds is 3. The number of oxime groups is 1. The summed E-state index contributed by atoms with van der Waals surface area (Å²) in [7, 11) is 0. The molecular formula is C15H21N3O2. The number of fused-ring (bicyclic) bond motifs is 2. The third-order valence-electron chi connectivity index (χ3n) is 4.58. The molecule has 4 N–H and O–H groups in total. The maximum Gasteiger partial charge on any atom is 0.170 e. The van der Waals surface area contributed by atoms with Crippen molar-refractivity contribution in [3.8, 4) is 0 Å². The minimum Gasteiger partial charge on any atom is -0.409 e. The molecule has 2 aliphatic rings. The van der Waals surface area contributed by atoms with Crippen molar-refractivity contribution in [3.63, 3.8) is 0 Å². The van der Waals surface area contributed by atoms with Crippen LogP contribution >= 0.6 is 0 Å². The standard InChI is InChI=1S/C15H21N3O2/c16-15(17-20)11-3-1-10(2-4-11)9-18-12-5-6-13(18)8-14(19)7-12/h1-4,12-14,19-20H,5-9H2,(H2,16,17). The fourth-order valence-electron chi connectivity index (χ4n) is 3.55. The fourth-order valence-corrected chi connectivity index (χ4v) is 3.55. The van der Waals surface area contributed by atoms with E-state index in [0.717, 1.165) is 24.9 Å². The minimum atomic E-state index is -0.119. The van der Waals surface area contributed by atoms with E-state index in [2.05, 4.69) is 10.1 Å². The molecule has 3 rings (SSSR count). The van der Waals surface area contributed by atoms with Crippen molar-refractivity contribution in [1.82, 2.24) is 4.90 Å². The molecule has 0 aliphatic carbocycles. The molecule has 5 heteroatoms. The lowest BCUT2D eigenvalue weighted by atomic mass is 9.99. The molecule has 0 amide bonds. The number of nitrogens with zero attached hydrogens (tertiary/aromatic N) is 2. The lowest BCUT2D eigenvalue weighted by molar-refractivity contribution is 0.0310. The Morgan fingerprint density at radius 1 is 1.20 bits per heavy atom. The first kappa shape index (κ1) is 13.4. The number of piperidine rings is 1. The SMILES string of the molecule is NC(=NO)c1ccc(CN2C3CCC2CC(O)C3)cc1. The molecule has 2 saturated heterocycles. The van der Waals surface area contributed by atoms with E-state index in [-0.39, 0.29) is 11.9 Å². The molecule has 0 saturated carbocycles. The second-order valence-electron chi connectivity index (χ2n) is 5.86. The summed E-state index contributed by atoms with van der Waals surface area (Å²) in [5, 5.41) is 21.5. The zero-order valence-corrected chi connectivity index (χ0v) is 11.4. The van der Waals surface area contributed by atoms with Crippen molar-refractivity contribution in [1.29, 1.82) is 0 Å². The molecule has 2 atom stereocenters. The highest BCUT2D eigenvalue weighted by molar-refractivity contribution is 5.96. The molecule has 2 fully saturated rings. The van der Waals surface area contributed by atoms with Crippen LogP contribution in [0.15, 0.2) is 29.4 Å². The van der Waals surface area contributed by atoms with E-state index in [1.165, 1.54) is 18.4 Å². The smallest absolute Gasteiger partial charge is 0.170 e. The quantitative estimate of drug-likeness (QED) is 0.336. The number of hydrogen-bond acceptors (Lipinski definition) is 4. The lowest BCUT2D eigenvalue weighted by Gasteiger charge is -2.37. The highest BCUT2D eigenvalue weighted by atomic mass is 16.4. The van der Waals surface area contributed by atoms with Gasteiger partial charge in [-0.05, 0) is 31.2 Å². The first-order valence-corrected chi connectivity index (χ1v) is 7.18. The Morgan fingerprint density at radius 3 is 2.35 bits per heavy atom. The molecule has 20 heavy (non-hydrogen) atoms. The van der Waals surface area contributed by atoms with Crippen molar-refractivity contribution in [2.45, 2.75) is 50.4 Å². The Kier molecular flexibility index (Phi) is 3.63. The van der Waals surface area contributed by atoms with Crippen molar-refractivity contribution in [3.05, 3.63) is 35.4 Å². The summed E-state index contributed by atoms with van der Waals surface area (Å²) in [5.41, 5.74) is 7.52. The van der Waals surface area contributed by atoms with E-state index in [1.54, 1.807) is 0 Å². The van der Waals surface area contributed by atoms with Crippen molar-refractivity contribution in [2.24, 2.45) is 10.9 Å². The Balaban J connectivity index is 1.69. The average molecular weight is 275 g/mol. The number of aliphatic hydroxyl groups is 1. The van der Waals surface area contributed by atoms with Crippen LogP contribution in [0, 0.1) is 0 Å². The molecule has 2 heterocycles. The first-order chi connectivity index (χ1) is 9.67. The van der Waals surface area contributed by atoms with Crippen molar-refractivity contribution >= 4 is 5.84 Å². The van der Waals surface area contributed by atoms with E-state index in [1.807, 2.05) is 24.3 Å². The molecular weight excluding hydrogens is 254 g/mol. The summed E-state index contributed by atoms with van der Waals surface area (Å²) in [6, 6.07) is 8.85. The molecule has 1 aromatic rings. The van der Waals surface area contributed by atoms with Crippen LogP contribution in [0.25, 0.3) is 0 Å². The van der Waals surface area contributed by atoms with Crippen LogP contribution in [-0.2, 0) is 6.54 Å². The zero-order chi connectivity index (χ0) is 14.1. The van der Waals surface area contributed by atoms with E-state index >= 15 is 0 Å². The van der Waals surface area contributed by atoms with Gasteiger partial charge in [-0.3, -0.25) is 4.90 Å². The molecule has 2 unspecified atom stereocenters. The van der Waals surface area contributed by atoms with Crippen LogP contribution in [-0.4, -0.2) is 39.2 Å². The maximum absolute atomic E-state index is 9.82. The number of nitrogens with two attached hydrogens (primary N) is 1. The number of aliphatic hydroxyl groups excluding tert-OH is 1. The van der Waals surface area contributed by atoms with E-state index < -0.39 is 0 Å². The van der Waals surface area contributed by atoms with Gasteiger partial charge in [-0.2, -0.15) is 0 Å². The lowest BCUT2D eigenvalue weighted by Crippen LogP contribution is -2.44. The van der Waals surface area contributed by atoms with Gasteiger partial charge in [0.25, 0.3) is 0 Å². The predicted octanol–water partition coefficient (Wildman–Crippen LogP) is 1.27. The number of amidine groups is 1. The van der Waals surface area contributed by atoms with Gasteiger partial charge in [-0.15, -0.1) is 0 Å². The van der Waals surface area contributed by atoms with Gasteiger partial charge in [0.05, 0.1) is 6.10 Å². The molecule has 108 valence electrons. The number of benzene rings is 1. The monoisotopic (exact) mass is 275 g/mol. The molecule has 2 bridgehead atoms. The Labute approximate surface area is 118 Å². The van der Waals surface area contributed by atoms with E-state index in [9.17, 15) is 5.11 Å². The highest BCUT2D eigenvalue weighted by Crippen LogP contribution is 2.36. The molecule has 0 spiro atoms. The minimum absolute atomic E-state index is 0.119. The van der Waals surface area contributed by atoms with Crippen LogP contribution in [0.3, 0.4) is 0 Å². The molecule has 0 radical (unpaired) electrons. The highest BCUT2D eigenvalue weighted by Gasteiger charge is 2.39. The molecule has 5 nitrogen and oxygen atoms in total. The van der Waals surface area contributed by atoms with Gasteiger partial charge in [0.15, 0.2) is 5.84 Å². The van der Waals surface area contributed by atoms with Gasteiger partial charge in [-0.1, -0.05) is 29.4 Å². The van der Waals surface area contributed by atoms with Gasteiger partial charge in [-0.25, -0.2) is 0 Å². The van der Waals surface area contributed by atoms with Gasteiger partial charge in [0, 0.05) is 24.2 Å². The third-order valence-corrected chi connectivity index (χ3v) is 4.58. The van der Waals surface area contributed by atoms with E-state index in [4.69, 9.17) is 10.9 Å². The zero-order valence-electron chi connectivity index (χ0n) is 11.4. The Hall–Kier alpha value is -1.59. The average Bonchev–Trinajstić information content (AvgIpc) is 2.70. The Morgan fingerprint density at radius 2 is 1.80 bits per heavy atom. The van der Waals surface area contributed by atoms with Gasteiger partial charge in [0.2, 0.25) is 0 Å². The van der Waals surface area contributed by atoms with Crippen LogP contribution in [0.4, 0.5) is 0 Å². The van der Waals surface area contributed by atoms with E-state index in [0.29, 0.717) is 12.1 Å². The third kappa shape index (κ3) is 2.51. The van der Waals surface area contributed by atoms with Gasteiger partial charge >= 0.3 is 0 Å². The van der Waals surface area contributed by atoms with Gasteiger partial charge < -0.3 is 16.0 Å². The summed E-state index contributed by atoms with van der Waals surface area (Å²) in [5.74, 6) is 0.137. The molecule has 0 aromatic heterocycles. The number of hydrogen-bond donors (Lipinski definition) is 3. The predicted molar refractivity (Wildman–Crippen MR) is 76.5 cm³/mol. The summed E-state index contributed by atoms with van der Waals surface area (Å²) < 4.78 is 0. The Bertz CT molecular complexity index is 486. The second kappa shape index (κ2) is 5.42. The van der Waals surface area contributed by atoms with Crippen LogP contribution in [0.2, 0.25) is 0 Å². The fraction of sp³-hybridized carbons (Fsp3) is 0.533. The topological polar surface area (TPSA) is 82.1 Å². The summed E-state index contributed by atoms with van der Waals surface area (Å²) >= 11 is 0.